The Kier molecular flexibility index (Phi) is 3.88. The molecule has 0 radical (unpaired) electrons. The predicted molar refractivity (Wildman–Crippen MR) is 60.7 cm³/mol. The van der Waals surface area contributed by atoms with Crippen LogP contribution in [0.1, 0.15) is 6.92 Å². The zero-order valence-electron chi connectivity index (χ0n) is 8.36. The molecule has 78 valence electrons. The molecule has 5 heteroatoms. The Morgan fingerprint density at radius 3 is 3.00 bits per heavy atom. The van der Waals surface area contributed by atoms with Crippen molar-refractivity contribution in [2.24, 2.45) is 0 Å². The molecule has 0 amide bonds. The highest BCUT2D eigenvalue weighted by Gasteiger charge is 2.04. The van der Waals surface area contributed by atoms with Crippen molar-refractivity contribution >= 4 is 22.3 Å². The van der Waals surface area contributed by atoms with Gasteiger partial charge in [-0.3, -0.25) is 4.21 Å². The van der Waals surface area contributed by atoms with E-state index >= 15 is 0 Å². The molecule has 1 rings (SSSR count). The van der Waals surface area contributed by atoms with E-state index in [1.165, 1.54) is 0 Å². The van der Waals surface area contributed by atoms with E-state index in [-0.39, 0.29) is 6.04 Å². The summed E-state index contributed by atoms with van der Waals surface area (Å²) < 4.78 is 10.9. The molecule has 0 saturated heterocycles. The van der Waals surface area contributed by atoms with Crippen LogP contribution in [0.5, 0.6) is 0 Å². The molecular weight excluding hydrogens is 198 g/mol. The van der Waals surface area contributed by atoms with E-state index in [1.54, 1.807) is 24.6 Å². The lowest BCUT2D eigenvalue weighted by molar-refractivity contribution is 0.683. The standard InChI is InChI=1S/C9H15N3OS/c1-7(6-14(2)13)12-9-5-8(10)3-4-11-9/h3-5,7H,6H2,1-2H3,(H3,10,11,12). The van der Waals surface area contributed by atoms with Gasteiger partial charge in [0, 0.05) is 46.8 Å². The maximum absolute atomic E-state index is 10.9. The van der Waals surface area contributed by atoms with Gasteiger partial charge in [0.15, 0.2) is 0 Å². The second-order valence-corrected chi connectivity index (χ2v) is 4.74. The third kappa shape index (κ3) is 3.74. The quantitative estimate of drug-likeness (QED) is 0.778. The van der Waals surface area contributed by atoms with E-state index in [2.05, 4.69) is 10.3 Å². The number of nitrogens with two attached hydrogens (primary N) is 1. The smallest absolute Gasteiger partial charge is 0.128 e. The summed E-state index contributed by atoms with van der Waals surface area (Å²) in [6, 6.07) is 3.62. The molecule has 2 atom stereocenters. The van der Waals surface area contributed by atoms with Gasteiger partial charge in [0.25, 0.3) is 0 Å². The fourth-order valence-electron chi connectivity index (χ4n) is 1.17. The average molecular weight is 213 g/mol. The molecule has 4 nitrogen and oxygen atoms in total. The number of hydrogen-bond acceptors (Lipinski definition) is 4. The van der Waals surface area contributed by atoms with Crippen LogP contribution < -0.4 is 11.1 Å². The summed E-state index contributed by atoms with van der Waals surface area (Å²) in [5.74, 6) is 1.33. The van der Waals surface area contributed by atoms with Crippen LogP contribution in [0.25, 0.3) is 0 Å². The Morgan fingerprint density at radius 1 is 1.71 bits per heavy atom. The molecule has 0 aliphatic carbocycles. The number of pyridine rings is 1. The molecule has 0 aliphatic rings. The minimum Gasteiger partial charge on any atom is -0.399 e. The Balaban J connectivity index is 2.55. The number of nitrogen functional groups attached to an aromatic ring is 1. The summed E-state index contributed by atoms with van der Waals surface area (Å²) in [4.78, 5) is 4.10. The molecule has 0 aliphatic heterocycles. The third-order valence-electron chi connectivity index (χ3n) is 1.66. The van der Waals surface area contributed by atoms with Crippen LogP contribution in [0, 0.1) is 0 Å². The molecule has 2 unspecified atom stereocenters. The summed E-state index contributed by atoms with van der Waals surface area (Å²) in [7, 11) is -0.796. The number of anilines is 2. The Bertz CT molecular complexity index is 330. The van der Waals surface area contributed by atoms with Gasteiger partial charge >= 0.3 is 0 Å². The summed E-state index contributed by atoms with van der Waals surface area (Å²) >= 11 is 0. The van der Waals surface area contributed by atoms with E-state index in [4.69, 9.17) is 5.73 Å². The number of rotatable bonds is 4. The number of hydrogen-bond donors (Lipinski definition) is 2. The molecule has 1 heterocycles. The SMILES string of the molecule is CC(CS(C)=O)Nc1cc(N)ccn1. The van der Waals surface area contributed by atoms with Gasteiger partial charge in [-0.25, -0.2) is 4.98 Å². The third-order valence-corrected chi connectivity index (χ3v) is 2.63. The van der Waals surface area contributed by atoms with Gasteiger partial charge in [-0.05, 0) is 13.0 Å². The summed E-state index contributed by atoms with van der Waals surface area (Å²) in [5.41, 5.74) is 6.27. The molecule has 1 aromatic rings. The largest absolute Gasteiger partial charge is 0.399 e. The van der Waals surface area contributed by atoms with Crippen molar-refractivity contribution in [1.82, 2.24) is 4.98 Å². The molecule has 0 fully saturated rings. The van der Waals surface area contributed by atoms with Crippen molar-refractivity contribution in [2.45, 2.75) is 13.0 Å². The minimum absolute atomic E-state index is 0.134. The van der Waals surface area contributed by atoms with E-state index in [9.17, 15) is 4.21 Å². The Morgan fingerprint density at radius 2 is 2.43 bits per heavy atom. The number of nitrogens with one attached hydrogen (secondary N) is 1. The topological polar surface area (TPSA) is 68.0 Å². The van der Waals surface area contributed by atoms with Crippen LogP contribution >= 0.6 is 0 Å². The minimum atomic E-state index is -0.796. The Hall–Kier alpha value is -1.10. The zero-order chi connectivity index (χ0) is 10.6. The van der Waals surface area contributed by atoms with Gasteiger partial charge in [-0.1, -0.05) is 0 Å². The number of nitrogens with zero attached hydrogens (tertiary/aromatic N) is 1. The maximum Gasteiger partial charge on any atom is 0.128 e. The first-order chi connectivity index (χ1) is 6.58. The van der Waals surface area contributed by atoms with E-state index in [1.807, 2.05) is 6.92 Å². The van der Waals surface area contributed by atoms with Crippen molar-refractivity contribution in [3.8, 4) is 0 Å². The Labute approximate surface area is 86.4 Å². The highest BCUT2D eigenvalue weighted by Crippen LogP contribution is 2.09. The normalized spacial score (nSPS) is 14.7. The van der Waals surface area contributed by atoms with Crippen molar-refractivity contribution in [1.29, 1.82) is 0 Å². The van der Waals surface area contributed by atoms with Gasteiger partial charge in [0.1, 0.15) is 5.82 Å². The first-order valence-corrected chi connectivity index (χ1v) is 6.08. The van der Waals surface area contributed by atoms with Crippen LogP contribution in [0.15, 0.2) is 18.3 Å². The monoisotopic (exact) mass is 213 g/mol. The summed E-state index contributed by atoms with van der Waals surface area (Å²) in [5, 5.41) is 3.13. The summed E-state index contributed by atoms with van der Waals surface area (Å²) in [6.07, 6.45) is 3.33. The molecule has 3 N–H and O–H groups in total. The zero-order valence-corrected chi connectivity index (χ0v) is 9.17. The highest BCUT2D eigenvalue weighted by atomic mass is 32.2. The highest BCUT2D eigenvalue weighted by molar-refractivity contribution is 7.84. The van der Waals surface area contributed by atoms with Crippen molar-refractivity contribution in [3.05, 3.63) is 18.3 Å². The molecule has 1 aromatic heterocycles. The molecular formula is C9H15N3OS. The van der Waals surface area contributed by atoms with Gasteiger partial charge in [-0.2, -0.15) is 0 Å². The van der Waals surface area contributed by atoms with Crippen LogP contribution in [0.3, 0.4) is 0 Å². The second-order valence-electron chi connectivity index (χ2n) is 3.26. The summed E-state index contributed by atoms with van der Waals surface area (Å²) in [6.45, 7) is 1.96. The van der Waals surface area contributed by atoms with Gasteiger partial charge in [-0.15, -0.1) is 0 Å². The van der Waals surface area contributed by atoms with Gasteiger partial charge in [0.2, 0.25) is 0 Å². The van der Waals surface area contributed by atoms with E-state index in [0.717, 1.165) is 5.82 Å². The van der Waals surface area contributed by atoms with Crippen molar-refractivity contribution in [3.63, 3.8) is 0 Å². The molecule has 0 aromatic carbocycles. The average Bonchev–Trinajstić information content (AvgIpc) is 2.01. The molecule has 0 bridgehead atoms. The first-order valence-electron chi connectivity index (χ1n) is 4.36. The van der Waals surface area contributed by atoms with Crippen LogP contribution in [-0.4, -0.2) is 27.2 Å². The lowest BCUT2D eigenvalue weighted by Crippen LogP contribution is -2.22. The van der Waals surface area contributed by atoms with Crippen LogP contribution in [0.4, 0.5) is 11.5 Å². The fraction of sp³-hybridized carbons (Fsp3) is 0.444. The molecule has 14 heavy (non-hydrogen) atoms. The lowest BCUT2D eigenvalue weighted by atomic mass is 10.3. The van der Waals surface area contributed by atoms with E-state index < -0.39 is 10.8 Å². The van der Waals surface area contributed by atoms with Crippen LogP contribution in [0.2, 0.25) is 0 Å². The lowest BCUT2D eigenvalue weighted by Gasteiger charge is -2.12. The van der Waals surface area contributed by atoms with Crippen LogP contribution in [-0.2, 0) is 10.8 Å². The first kappa shape index (κ1) is 11.0. The predicted octanol–water partition coefficient (Wildman–Crippen LogP) is 0.843. The number of aromatic nitrogens is 1. The van der Waals surface area contributed by atoms with Gasteiger partial charge < -0.3 is 11.1 Å². The van der Waals surface area contributed by atoms with E-state index in [0.29, 0.717) is 11.4 Å². The fourth-order valence-corrected chi connectivity index (χ4v) is 1.96. The second kappa shape index (κ2) is 4.95. The molecule has 0 saturated carbocycles. The maximum atomic E-state index is 10.9. The molecule has 0 spiro atoms. The van der Waals surface area contributed by atoms with Gasteiger partial charge in [0.05, 0.1) is 0 Å². The van der Waals surface area contributed by atoms with Crippen molar-refractivity contribution in [2.75, 3.05) is 23.1 Å². The van der Waals surface area contributed by atoms with Crippen molar-refractivity contribution < 1.29 is 4.21 Å².